The number of carbonyl (C=O) groups is 1. The van der Waals surface area contributed by atoms with Gasteiger partial charge in [-0.2, -0.15) is 18.3 Å². The molecule has 7 nitrogen and oxygen atoms in total. The molecule has 0 fully saturated rings. The van der Waals surface area contributed by atoms with Crippen LogP contribution < -0.4 is 5.32 Å². The molecular weight excluding hydrogens is 325 g/mol. The Kier molecular flexibility index (Phi) is 4.22. The number of alkyl halides is 3. The Hall–Kier alpha value is -2.49. The molecule has 0 aromatic carbocycles. The molecule has 1 amide bonds. The molecule has 128 valence electrons. The van der Waals surface area contributed by atoms with Gasteiger partial charge in [-0.25, -0.2) is 9.97 Å². The lowest BCUT2D eigenvalue weighted by Crippen LogP contribution is -2.45. The summed E-state index contributed by atoms with van der Waals surface area (Å²) >= 11 is 0. The zero-order chi connectivity index (χ0) is 17.3. The molecule has 2 N–H and O–H groups in total. The molecule has 0 saturated carbocycles. The van der Waals surface area contributed by atoms with E-state index >= 15 is 0 Å². The number of anilines is 1. The van der Waals surface area contributed by atoms with Crippen LogP contribution in [0.25, 0.3) is 0 Å². The van der Waals surface area contributed by atoms with Crippen LogP contribution >= 0.6 is 0 Å². The number of aromatic nitrogens is 4. The van der Waals surface area contributed by atoms with E-state index in [-0.39, 0.29) is 24.0 Å². The monoisotopic (exact) mass is 340 g/mol. The molecular formula is C14H15F3N6O. The van der Waals surface area contributed by atoms with Gasteiger partial charge in [-0.05, 0) is 13.0 Å². The van der Waals surface area contributed by atoms with Gasteiger partial charge < -0.3 is 0 Å². The zero-order valence-corrected chi connectivity index (χ0v) is 12.8. The van der Waals surface area contributed by atoms with Gasteiger partial charge in [0.05, 0.1) is 6.04 Å². The van der Waals surface area contributed by atoms with Gasteiger partial charge >= 0.3 is 6.18 Å². The molecule has 1 atom stereocenters. The molecule has 0 bridgehead atoms. The summed E-state index contributed by atoms with van der Waals surface area (Å²) in [5, 5.41) is 8.38. The number of hydrogen-bond acceptors (Lipinski definition) is 5. The van der Waals surface area contributed by atoms with E-state index < -0.39 is 17.9 Å². The third kappa shape index (κ3) is 3.23. The highest BCUT2D eigenvalue weighted by Gasteiger charge is 2.40. The van der Waals surface area contributed by atoms with Crippen molar-refractivity contribution in [1.82, 2.24) is 25.1 Å². The van der Waals surface area contributed by atoms with Crippen molar-refractivity contribution >= 4 is 11.9 Å². The average molecular weight is 340 g/mol. The smallest absolute Gasteiger partial charge is 0.293 e. The molecule has 3 rings (SSSR count). The summed E-state index contributed by atoms with van der Waals surface area (Å²) in [7, 11) is 0. The van der Waals surface area contributed by atoms with Crippen molar-refractivity contribution in [2.24, 2.45) is 0 Å². The first-order valence-corrected chi connectivity index (χ1v) is 7.31. The van der Waals surface area contributed by atoms with Crippen LogP contribution in [0.1, 0.15) is 23.9 Å². The predicted octanol–water partition coefficient (Wildman–Crippen LogP) is 1.60. The fraction of sp³-hybridized carbons (Fsp3) is 0.429. The second-order valence-electron chi connectivity index (χ2n) is 5.49. The summed E-state index contributed by atoms with van der Waals surface area (Å²) < 4.78 is 39.0. The number of halogens is 3. The first kappa shape index (κ1) is 16.4. The Bertz CT molecular complexity index is 730. The van der Waals surface area contributed by atoms with E-state index in [1.54, 1.807) is 17.9 Å². The van der Waals surface area contributed by atoms with Crippen LogP contribution in [-0.4, -0.2) is 43.6 Å². The van der Waals surface area contributed by atoms with Crippen molar-refractivity contribution in [3.05, 3.63) is 35.4 Å². The van der Waals surface area contributed by atoms with E-state index in [2.05, 4.69) is 25.5 Å². The largest absolute Gasteiger partial charge is 0.435 e. The molecule has 0 radical (unpaired) electrons. The third-order valence-corrected chi connectivity index (χ3v) is 3.96. The number of fused-ring (bicyclic) bond motifs is 1. The topological polar surface area (TPSA) is 86.8 Å². The lowest BCUT2D eigenvalue weighted by atomic mass is 10.0. The Labute approximate surface area is 135 Å². The van der Waals surface area contributed by atoms with Gasteiger partial charge in [0.2, 0.25) is 11.9 Å². The number of hydrogen-bond donors (Lipinski definition) is 2. The van der Waals surface area contributed by atoms with Crippen molar-refractivity contribution in [3.8, 4) is 0 Å². The first-order valence-electron chi connectivity index (χ1n) is 7.31. The fourth-order valence-electron chi connectivity index (χ4n) is 2.63. The van der Waals surface area contributed by atoms with Crippen molar-refractivity contribution < 1.29 is 18.0 Å². The lowest BCUT2D eigenvalue weighted by molar-refractivity contribution is -0.142. The summed E-state index contributed by atoms with van der Waals surface area (Å²) in [6.45, 7) is 2.10. The summed E-state index contributed by atoms with van der Waals surface area (Å²) in [5.74, 6) is -0.215. The first-order chi connectivity index (χ1) is 11.4. The van der Waals surface area contributed by atoms with Gasteiger partial charge in [-0.3, -0.25) is 20.1 Å². The van der Waals surface area contributed by atoms with Gasteiger partial charge in [0.15, 0.2) is 5.69 Å². The molecule has 2 aromatic rings. The minimum absolute atomic E-state index is 0.00487. The maximum absolute atomic E-state index is 13.0. The molecule has 0 aliphatic carbocycles. The number of carbonyl (C=O) groups excluding carboxylic acids is 1. The van der Waals surface area contributed by atoms with Gasteiger partial charge in [0.1, 0.15) is 0 Å². The van der Waals surface area contributed by atoms with Crippen LogP contribution in [0.4, 0.5) is 19.1 Å². The van der Waals surface area contributed by atoms with Crippen molar-refractivity contribution in [2.75, 3.05) is 11.9 Å². The van der Waals surface area contributed by atoms with E-state index in [0.29, 0.717) is 18.7 Å². The van der Waals surface area contributed by atoms with Gasteiger partial charge in [-0.1, -0.05) is 0 Å². The molecule has 3 heterocycles. The molecule has 0 saturated heterocycles. The second kappa shape index (κ2) is 6.19. The quantitative estimate of drug-likeness (QED) is 0.886. The Morgan fingerprint density at radius 2 is 2.08 bits per heavy atom. The Morgan fingerprint density at radius 1 is 1.38 bits per heavy atom. The summed E-state index contributed by atoms with van der Waals surface area (Å²) in [6.07, 6.45) is -1.17. The van der Waals surface area contributed by atoms with E-state index in [1.165, 1.54) is 12.4 Å². The molecule has 2 aromatic heterocycles. The number of nitrogens with zero attached hydrogens (tertiary/aromatic N) is 4. The molecule has 1 aliphatic heterocycles. The summed E-state index contributed by atoms with van der Waals surface area (Å²) in [6, 6.07) is 0.987. The zero-order valence-electron chi connectivity index (χ0n) is 12.8. The minimum atomic E-state index is -4.52. The van der Waals surface area contributed by atoms with E-state index in [4.69, 9.17) is 0 Å². The predicted molar refractivity (Wildman–Crippen MR) is 77.8 cm³/mol. The van der Waals surface area contributed by atoms with Crippen molar-refractivity contribution in [3.63, 3.8) is 0 Å². The van der Waals surface area contributed by atoms with Gasteiger partial charge in [0, 0.05) is 43.2 Å². The summed E-state index contributed by atoms with van der Waals surface area (Å²) in [5.41, 5.74) is -0.344. The van der Waals surface area contributed by atoms with Gasteiger partial charge in [0.25, 0.3) is 0 Å². The standard InChI is InChI=1S/C14H15F3N6O/c1-8(12(24)20-13-18-4-2-5-19-13)23-6-3-10-9(7-23)11(22-21-10)14(15,16)17/h2,4-5,8H,3,6-7H2,1H3,(H,21,22)(H,18,19,20,24)/t8-/m0/s1. The SMILES string of the molecule is C[C@@H](C(=O)Nc1ncccn1)N1CCc2[nH]nc(C(F)(F)F)c2C1. The van der Waals surface area contributed by atoms with E-state index in [9.17, 15) is 18.0 Å². The highest BCUT2D eigenvalue weighted by molar-refractivity contribution is 5.93. The number of rotatable bonds is 3. The van der Waals surface area contributed by atoms with Crippen molar-refractivity contribution in [2.45, 2.75) is 32.1 Å². The molecule has 0 unspecified atom stereocenters. The van der Waals surface area contributed by atoms with Crippen LogP contribution in [0.2, 0.25) is 0 Å². The van der Waals surface area contributed by atoms with Crippen LogP contribution in [0.15, 0.2) is 18.5 Å². The second-order valence-corrected chi connectivity index (χ2v) is 5.49. The molecule has 24 heavy (non-hydrogen) atoms. The van der Waals surface area contributed by atoms with Crippen LogP contribution in [0.3, 0.4) is 0 Å². The lowest BCUT2D eigenvalue weighted by Gasteiger charge is -2.31. The number of amides is 1. The van der Waals surface area contributed by atoms with Crippen LogP contribution in [0, 0.1) is 0 Å². The highest BCUT2D eigenvalue weighted by atomic mass is 19.4. The summed E-state index contributed by atoms with van der Waals surface area (Å²) in [4.78, 5) is 21.7. The number of H-pyrrole nitrogens is 1. The molecule has 1 aliphatic rings. The number of aromatic amines is 1. The van der Waals surface area contributed by atoms with Crippen molar-refractivity contribution in [1.29, 1.82) is 0 Å². The Morgan fingerprint density at radius 3 is 2.75 bits per heavy atom. The van der Waals surface area contributed by atoms with Gasteiger partial charge in [-0.15, -0.1) is 0 Å². The van der Waals surface area contributed by atoms with E-state index in [1.807, 2.05) is 0 Å². The van der Waals surface area contributed by atoms with Crippen LogP contribution in [-0.2, 0) is 23.9 Å². The molecule has 0 spiro atoms. The Balaban J connectivity index is 1.72. The van der Waals surface area contributed by atoms with Crippen LogP contribution in [0.5, 0.6) is 0 Å². The minimum Gasteiger partial charge on any atom is -0.293 e. The fourth-order valence-corrected chi connectivity index (χ4v) is 2.63. The number of nitrogens with one attached hydrogen (secondary N) is 2. The highest BCUT2D eigenvalue weighted by Crippen LogP contribution is 2.34. The maximum atomic E-state index is 13.0. The molecule has 10 heteroatoms. The third-order valence-electron chi connectivity index (χ3n) is 3.96. The van der Waals surface area contributed by atoms with E-state index in [0.717, 1.165) is 0 Å². The average Bonchev–Trinajstić information content (AvgIpc) is 2.98. The normalized spacial score (nSPS) is 16.5. The maximum Gasteiger partial charge on any atom is 0.435 e.